The van der Waals surface area contributed by atoms with Crippen molar-refractivity contribution in [1.82, 2.24) is 0 Å². The Bertz CT molecular complexity index is 2530. The molecule has 0 saturated carbocycles. The van der Waals surface area contributed by atoms with Gasteiger partial charge in [0.05, 0.1) is 5.69 Å². The fraction of sp³-hybridized carbons (Fsp3) is 0.0833. The minimum absolute atomic E-state index is 1.14. The molecule has 0 aromatic heterocycles. The van der Waals surface area contributed by atoms with Crippen LogP contribution >= 0.6 is 0 Å². The van der Waals surface area contributed by atoms with Gasteiger partial charge in [0.25, 0.3) is 0 Å². The third-order valence-electron chi connectivity index (χ3n) is 10.7. The quantitative estimate of drug-likeness (QED) is 0.184. The highest BCUT2D eigenvalue weighted by Crippen LogP contribution is 2.51. The van der Waals surface area contributed by atoms with Crippen LogP contribution in [-0.4, -0.2) is 0 Å². The van der Waals surface area contributed by atoms with Crippen LogP contribution in [0.25, 0.3) is 66.1 Å². The van der Waals surface area contributed by atoms with Crippen molar-refractivity contribution in [3.63, 3.8) is 0 Å². The molecule has 0 bridgehead atoms. The monoisotopic (exact) mass is 625 g/mol. The normalized spacial score (nSPS) is 13.0. The van der Waals surface area contributed by atoms with Crippen molar-refractivity contribution in [2.45, 2.75) is 25.7 Å². The van der Waals surface area contributed by atoms with Crippen LogP contribution in [0.1, 0.15) is 24.0 Å². The van der Waals surface area contributed by atoms with E-state index in [0.29, 0.717) is 0 Å². The highest BCUT2D eigenvalue weighted by atomic mass is 15.1. The maximum absolute atomic E-state index is 2.48. The summed E-state index contributed by atoms with van der Waals surface area (Å²) in [7, 11) is 0. The maximum Gasteiger partial charge on any atom is 0.0542 e. The third kappa shape index (κ3) is 4.77. The second kappa shape index (κ2) is 11.4. The zero-order valence-corrected chi connectivity index (χ0v) is 27.4. The molecule has 0 saturated heterocycles. The first-order chi connectivity index (χ1) is 24.3. The molecule has 0 radical (unpaired) electrons. The largest absolute Gasteiger partial charge is 0.310 e. The van der Waals surface area contributed by atoms with Crippen molar-refractivity contribution in [2.75, 3.05) is 4.90 Å². The summed E-state index contributed by atoms with van der Waals surface area (Å²) in [6, 6.07) is 60.9. The van der Waals surface area contributed by atoms with Gasteiger partial charge in [0, 0.05) is 16.9 Å². The minimum atomic E-state index is 1.14. The van der Waals surface area contributed by atoms with Gasteiger partial charge < -0.3 is 4.90 Å². The summed E-state index contributed by atoms with van der Waals surface area (Å²) < 4.78 is 0. The maximum atomic E-state index is 2.48. The summed E-state index contributed by atoms with van der Waals surface area (Å²) in [5.41, 5.74) is 17.0. The molecule has 49 heavy (non-hydrogen) atoms. The Hall–Kier alpha value is -5.92. The molecule has 0 heterocycles. The van der Waals surface area contributed by atoms with E-state index in [-0.39, 0.29) is 0 Å². The van der Waals surface area contributed by atoms with Crippen LogP contribution in [0.3, 0.4) is 0 Å². The first-order valence-electron chi connectivity index (χ1n) is 17.6. The second-order valence-corrected chi connectivity index (χ2v) is 13.6. The molecule has 8 aromatic carbocycles. The average Bonchev–Trinajstić information content (AvgIpc) is 3.17. The molecule has 0 amide bonds. The van der Waals surface area contributed by atoms with Crippen LogP contribution in [0.5, 0.6) is 0 Å². The van der Waals surface area contributed by atoms with Crippen molar-refractivity contribution in [3.8, 4) is 44.5 Å². The number of hydrogen-bond acceptors (Lipinski definition) is 1. The lowest BCUT2D eigenvalue weighted by molar-refractivity contribution is 0.686. The van der Waals surface area contributed by atoms with E-state index in [1.54, 1.807) is 0 Å². The number of nitrogens with zero attached hydrogens (tertiary/aromatic N) is 1. The number of fused-ring (bicyclic) bond motifs is 7. The molecule has 232 valence electrons. The lowest BCUT2D eigenvalue weighted by Gasteiger charge is -2.31. The van der Waals surface area contributed by atoms with Crippen LogP contribution in [-0.2, 0) is 12.8 Å². The number of para-hydroxylation sites is 1. The van der Waals surface area contributed by atoms with Crippen molar-refractivity contribution in [1.29, 1.82) is 0 Å². The van der Waals surface area contributed by atoms with Crippen LogP contribution in [0.4, 0.5) is 17.1 Å². The van der Waals surface area contributed by atoms with E-state index in [0.717, 1.165) is 12.8 Å². The van der Waals surface area contributed by atoms with Gasteiger partial charge in [-0.1, -0.05) is 97.1 Å². The first kappa shape index (κ1) is 28.1. The van der Waals surface area contributed by atoms with E-state index in [9.17, 15) is 0 Å². The smallest absolute Gasteiger partial charge is 0.0542 e. The lowest BCUT2D eigenvalue weighted by Crippen LogP contribution is -2.13. The highest BCUT2D eigenvalue weighted by Gasteiger charge is 2.25. The molecular formula is C48H35N. The molecule has 0 unspecified atom stereocenters. The summed E-state index contributed by atoms with van der Waals surface area (Å²) in [6.07, 6.45) is 4.83. The Labute approximate surface area is 287 Å². The van der Waals surface area contributed by atoms with Gasteiger partial charge in [0.2, 0.25) is 0 Å². The van der Waals surface area contributed by atoms with Crippen molar-refractivity contribution >= 4 is 38.6 Å². The fourth-order valence-corrected chi connectivity index (χ4v) is 8.17. The standard InChI is InChI=1S/C48H35N/c1-4-12-32(13-5-1)36-20-21-37-27-44-45-28-38-22-23-42(25-40(38)30-47(45)46(44)29-39(37)24-36)49(41-18-8-3-9-19-41)48-31-35-17-11-10-16-34(35)26-43(48)33-14-6-2-7-15-33/h1-9,12-15,18-31H,10-11,16-17H2. The van der Waals surface area contributed by atoms with Gasteiger partial charge in [0.1, 0.15) is 0 Å². The molecule has 2 aliphatic rings. The average molecular weight is 626 g/mol. The second-order valence-electron chi connectivity index (χ2n) is 13.6. The zero-order valence-electron chi connectivity index (χ0n) is 27.4. The van der Waals surface area contributed by atoms with E-state index in [4.69, 9.17) is 0 Å². The Morgan fingerprint density at radius 2 is 0.857 bits per heavy atom. The van der Waals surface area contributed by atoms with E-state index in [2.05, 4.69) is 169 Å². The summed E-state index contributed by atoms with van der Waals surface area (Å²) in [4.78, 5) is 2.47. The summed E-state index contributed by atoms with van der Waals surface area (Å²) >= 11 is 0. The summed E-state index contributed by atoms with van der Waals surface area (Å²) in [5.74, 6) is 0. The Morgan fingerprint density at radius 3 is 1.51 bits per heavy atom. The molecule has 8 aromatic rings. The van der Waals surface area contributed by atoms with Gasteiger partial charge in [-0.2, -0.15) is 0 Å². The molecule has 1 heteroatoms. The predicted octanol–water partition coefficient (Wildman–Crippen LogP) is 13.3. The van der Waals surface area contributed by atoms with E-state index in [1.807, 2.05) is 0 Å². The van der Waals surface area contributed by atoms with Gasteiger partial charge in [-0.15, -0.1) is 0 Å². The molecule has 0 spiro atoms. The van der Waals surface area contributed by atoms with Crippen molar-refractivity contribution in [2.24, 2.45) is 0 Å². The number of rotatable bonds is 5. The van der Waals surface area contributed by atoms with Crippen LogP contribution in [0, 0.1) is 0 Å². The van der Waals surface area contributed by atoms with Gasteiger partial charge in [0.15, 0.2) is 0 Å². The Morgan fingerprint density at radius 1 is 0.327 bits per heavy atom. The molecule has 0 N–H and O–H groups in total. The molecule has 2 aliphatic carbocycles. The molecule has 1 nitrogen and oxygen atoms in total. The van der Waals surface area contributed by atoms with E-state index >= 15 is 0 Å². The van der Waals surface area contributed by atoms with Gasteiger partial charge in [-0.05, 0) is 164 Å². The van der Waals surface area contributed by atoms with E-state index in [1.165, 1.54) is 107 Å². The van der Waals surface area contributed by atoms with Crippen molar-refractivity contribution < 1.29 is 0 Å². The highest BCUT2D eigenvalue weighted by molar-refractivity contribution is 6.12. The number of benzene rings is 8. The predicted molar refractivity (Wildman–Crippen MR) is 208 cm³/mol. The summed E-state index contributed by atoms with van der Waals surface area (Å²) in [5, 5.41) is 5.11. The molecule has 0 aliphatic heterocycles. The number of anilines is 3. The van der Waals surface area contributed by atoms with Gasteiger partial charge >= 0.3 is 0 Å². The fourth-order valence-electron chi connectivity index (χ4n) is 8.17. The molecule has 0 atom stereocenters. The molecular weight excluding hydrogens is 591 g/mol. The first-order valence-corrected chi connectivity index (χ1v) is 17.6. The summed E-state index contributed by atoms with van der Waals surface area (Å²) in [6.45, 7) is 0. The topological polar surface area (TPSA) is 3.24 Å². The van der Waals surface area contributed by atoms with Gasteiger partial charge in [-0.25, -0.2) is 0 Å². The number of hydrogen-bond donors (Lipinski definition) is 0. The van der Waals surface area contributed by atoms with Crippen LogP contribution in [0.15, 0.2) is 164 Å². The lowest BCUT2D eigenvalue weighted by atomic mass is 9.77. The number of aryl methyl sites for hydroxylation is 2. The Balaban J connectivity index is 1.11. The zero-order chi connectivity index (χ0) is 32.3. The molecule has 10 rings (SSSR count). The molecule has 0 fully saturated rings. The third-order valence-corrected chi connectivity index (χ3v) is 10.7. The van der Waals surface area contributed by atoms with Crippen LogP contribution in [0.2, 0.25) is 0 Å². The van der Waals surface area contributed by atoms with Crippen LogP contribution < -0.4 is 4.90 Å². The Kier molecular flexibility index (Phi) is 6.52. The minimum Gasteiger partial charge on any atom is -0.310 e. The van der Waals surface area contributed by atoms with Crippen molar-refractivity contribution in [3.05, 3.63) is 175 Å². The van der Waals surface area contributed by atoms with E-state index < -0.39 is 0 Å². The SMILES string of the molecule is c1ccc(-c2ccc3cc4c(cc3c2)-c2cc3cc(N(c5ccccc5)c5cc6c(cc5-c5ccccc5)CCCC6)ccc3cc2-4)cc1. The van der Waals surface area contributed by atoms with Gasteiger partial charge in [-0.3, -0.25) is 0 Å².